The fraction of sp³-hybridized carbons (Fsp3) is 0.294. The van der Waals surface area contributed by atoms with Crippen LogP contribution in [0.3, 0.4) is 0 Å². The number of β-amino-alcohol motifs (C(OH)–C–C–N with tert-alkyl or cyclic N) is 1. The minimum Gasteiger partial charge on any atom is -0.450 e. The van der Waals surface area contributed by atoms with E-state index in [0.717, 1.165) is 18.2 Å². The number of hydrogen-bond acceptors (Lipinski definition) is 4. The highest BCUT2D eigenvalue weighted by atomic mass is 19.1. The first-order chi connectivity index (χ1) is 11.4. The number of likely N-dealkylation sites (tertiary alicyclic amines) is 1. The first-order valence-corrected chi connectivity index (χ1v) is 7.35. The molecular weight excluding hydrogens is 318 g/mol. The van der Waals surface area contributed by atoms with Crippen LogP contribution in [0.4, 0.5) is 8.78 Å². The summed E-state index contributed by atoms with van der Waals surface area (Å²) in [6.45, 7) is 1.53. The molecule has 1 aromatic carbocycles. The van der Waals surface area contributed by atoms with Gasteiger partial charge in [-0.2, -0.15) is 5.26 Å². The summed E-state index contributed by atoms with van der Waals surface area (Å²) in [5, 5.41) is 18.8. The molecule has 1 aliphatic heterocycles. The molecule has 1 saturated heterocycles. The lowest BCUT2D eigenvalue weighted by atomic mass is 10.0. The zero-order valence-electron chi connectivity index (χ0n) is 12.8. The van der Waals surface area contributed by atoms with E-state index < -0.39 is 29.7 Å². The van der Waals surface area contributed by atoms with Gasteiger partial charge in [-0.25, -0.2) is 8.78 Å². The van der Waals surface area contributed by atoms with E-state index in [9.17, 15) is 18.7 Å². The number of halogens is 2. The molecule has 0 unspecified atom stereocenters. The molecular formula is C17H14F2N2O3. The number of carbonyl (C=O) groups is 1. The number of aliphatic hydroxyl groups is 1. The van der Waals surface area contributed by atoms with Crippen LogP contribution >= 0.6 is 0 Å². The highest BCUT2D eigenvalue weighted by molar-refractivity contribution is 5.96. The second-order valence-electron chi connectivity index (χ2n) is 5.72. The van der Waals surface area contributed by atoms with Crippen molar-refractivity contribution in [3.8, 4) is 6.07 Å². The lowest BCUT2D eigenvalue weighted by Crippen LogP contribution is -2.32. The molecule has 0 aliphatic carbocycles. The molecule has 7 heteroatoms. The first-order valence-electron chi connectivity index (χ1n) is 7.35. The Morgan fingerprint density at radius 3 is 2.83 bits per heavy atom. The number of hydrogen-bond donors (Lipinski definition) is 1. The number of carbonyl (C=O) groups excluding carboxylic acids is 1. The van der Waals surface area contributed by atoms with Crippen molar-refractivity contribution in [2.45, 2.75) is 25.5 Å². The minimum atomic E-state index is -0.843. The van der Waals surface area contributed by atoms with Crippen LogP contribution in [0.1, 0.15) is 39.9 Å². The third-order valence-corrected chi connectivity index (χ3v) is 4.12. The number of aliphatic hydroxyl groups excluding tert-OH is 1. The van der Waals surface area contributed by atoms with Crippen LogP contribution in [-0.4, -0.2) is 28.6 Å². The molecule has 1 aliphatic rings. The summed E-state index contributed by atoms with van der Waals surface area (Å²) in [5.41, 5.74) is 0.184. The third kappa shape index (κ3) is 2.76. The molecule has 3 rings (SSSR count). The molecule has 2 atom stereocenters. The van der Waals surface area contributed by atoms with Crippen LogP contribution in [0.15, 0.2) is 28.7 Å². The number of rotatable bonds is 2. The number of furan rings is 1. The van der Waals surface area contributed by atoms with Gasteiger partial charge >= 0.3 is 0 Å². The zero-order valence-corrected chi connectivity index (χ0v) is 12.8. The predicted molar refractivity (Wildman–Crippen MR) is 78.9 cm³/mol. The van der Waals surface area contributed by atoms with Crippen molar-refractivity contribution in [2.24, 2.45) is 0 Å². The molecule has 124 valence electrons. The molecule has 1 N–H and O–H groups in total. The second-order valence-corrected chi connectivity index (χ2v) is 5.72. The maximum atomic E-state index is 14.1. The maximum absolute atomic E-state index is 14.1. The highest BCUT2D eigenvalue weighted by Gasteiger charge is 2.38. The Balaban J connectivity index is 1.99. The summed E-state index contributed by atoms with van der Waals surface area (Å²) in [6, 6.07) is 5.34. The van der Waals surface area contributed by atoms with E-state index in [1.807, 2.05) is 0 Å². The summed E-state index contributed by atoms with van der Waals surface area (Å²) in [4.78, 5) is 14.0. The van der Waals surface area contributed by atoms with Crippen LogP contribution in [0.2, 0.25) is 0 Å². The number of aryl methyl sites for hydroxylation is 1. The quantitative estimate of drug-likeness (QED) is 0.917. The third-order valence-electron chi connectivity index (χ3n) is 4.12. The predicted octanol–water partition coefficient (Wildman–Crippen LogP) is 2.69. The number of nitriles is 1. The van der Waals surface area contributed by atoms with Crippen molar-refractivity contribution in [3.05, 3.63) is 58.5 Å². The average Bonchev–Trinajstić information content (AvgIpc) is 3.12. The Bertz CT molecular complexity index is 841. The second kappa shape index (κ2) is 6.06. The fourth-order valence-electron chi connectivity index (χ4n) is 3.01. The van der Waals surface area contributed by atoms with Crippen molar-refractivity contribution in [2.75, 3.05) is 6.54 Å². The number of amides is 1. The van der Waals surface area contributed by atoms with Crippen molar-refractivity contribution < 1.29 is 23.1 Å². The molecule has 1 amide bonds. The highest BCUT2D eigenvalue weighted by Crippen LogP contribution is 2.35. The first kappa shape index (κ1) is 16.1. The van der Waals surface area contributed by atoms with Gasteiger partial charge in [0.25, 0.3) is 5.91 Å². The van der Waals surface area contributed by atoms with Gasteiger partial charge in [0.15, 0.2) is 0 Å². The molecule has 0 saturated carbocycles. The van der Waals surface area contributed by atoms with Gasteiger partial charge in [0, 0.05) is 18.2 Å². The van der Waals surface area contributed by atoms with Gasteiger partial charge in [0.2, 0.25) is 5.76 Å². The summed E-state index contributed by atoms with van der Waals surface area (Å²) in [6.07, 6.45) is -0.738. The van der Waals surface area contributed by atoms with Crippen molar-refractivity contribution in [3.63, 3.8) is 0 Å². The van der Waals surface area contributed by atoms with E-state index in [1.54, 1.807) is 13.0 Å². The van der Waals surface area contributed by atoms with E-state index in [2.05, 4.69) is 0 Å². The van der Waals surface area contributed by atoms with E-state index in [4.69, 9.17) is 9.68 Å². The molecule has 1 fully saturated rings. The number of nitrogens with zero attached hydrogens (tertiary/aromatic N) is 2. The Morgan fingerprint density at radius 1 is 1.42 bits per heavy atom. The minimum absolute atomic E-state index is 0.00798. The summed E-state index contributed by atoms with van der Waals surface area (Å²) in [7, 11) is 0. The van der Waals surface area contributed by atoms with E-state index in [1.165, 1.54) is 11.0 Å². The summed E-state index contributed by atoms with van der Waals surface area (Å²) >= 11 is 0. The fourth-order valence-corrected chi connectivity index (χ4v) is 3.01. The lowest BCUT2D eigenvalue weighted by Gasteiger charge is -2.25. The van der Waals surface area contributed by atoms with Crippen LogP contribution in [0.5, 0.6) is 0 Å². The topological polar surface area (TPSA) is 77.5 Å². The Kier molecular flexibility index (Phi) is 4.08. The largest absolute Gasteiger partial charge is 0.450 e. The van der Waals surface area contributed by atoms with Gasteiger partial charge < -0.3 is 14.4 Å². The van der Waals surface area contributed by atoms with Gasteiger partial charge in [-0.15, -0.1) is 0 Å². The molecule has 1 aromatic heterocycles. The van der Waals surface area contributed by atoms with Crippen LogP contribution in [0.25, 0.3) is 0 Å². The Morgan fingerprint density at radius 2 is 2.17 bits per heavy atom. The van der Waals surface area contributed by atoms with E-state index in [-0.39, 0.29) is 35.6 Å². The van der Waals surface area contributed by atoms with Crippen molar-refractivity contribution in [1.29, 1.82) is 5.26 Å². The summed E-state index contributed by atoms with van der Waals surface area (Å²) in [5.74, 6) is -1.51. The van der Waals surface area contributed by atoms with Gasteiger partial charge in [-0.05, 0) is 31.5 Å². The molecule has 0 bridgehead atoms. The summed E-state index contributed by atoms with van der Waals surface area (Å²) < 4.78 is 32.7. The van der Waals surface area contributed by atoms with Gasteiger partial charge in [0.05, 0.1) is 17.7 Å². The Labute approximate surface area is 136 Å². The standard InChI is InChI=1S/C17H14F2N2O3/c1-9-13(6-12(7-20)24-9)17(23)21-8-11(22)5-16(21)14-4-10(18)2-3-15(14)19/h2-4,6,11,16,22H,5,8H2,1H3/t11-,16-/m1/s1. The van der Waals surface area contributed by atoms with Gasteiger partial charge in [-0.1, -0.05) is 0 Å². The van der Waals surface area contributed by atoms with Crippen LogP contribution < -0.4 is 0 Å². The smallest absolute Gasteiger partial charge is 0.258 e. The monoisotopic (exact) mass is 332 g/mol. The molecule has 2 aromatic rings. The molecule has 0 spiro atoms. The molecule has 5 nitrogen and oxygen atoms in total. The molecule has 24 heavy (non-hydrogen) atoms. The van der Waals surface area contributed by atoms with E-state index >= 15 is 0 Å². The van der Waals surface area contributed by atoms with Crippen LogP contribution in [-0.2, 0) is 0 Å². The SMILES string of the molecule is Cc1oc(C#N)cc1C(=O)N1C[C@H](O)C[C@@H]1c1cc(F)ccc1F. The normalized spacial score (nSPS) is 20.2. The van der Waals surface area contributed by atoms with Crippen LogP contribution in [0, 0.1) is 29.9 Å². The van der Waals surface area contributed by atoms with Crippen molar-refractivity contribution in [1.82, 2.24) is 4.90 Å². The van der Waals surface area contributed by atoms with Crippen molar-refractivity contribution >= 4 is 5.91 Å². The lowest BCUT2D eigenvalue weighted by molar-refractivity contribution is 0.0712. The molecule has 0 radical (unpaired) electrons. The van der Waals surface area contributed by atoms with E-state index in [0.29, 0.717) is 0 Å². The van der Waals surface area contributed by atoms with Gasteiger partial charge in [0.1, 0.15) is 23.5 Å². The number of benzene rings is 1. The maximum Gasteiger partial charge on any atom is 0.258 e. The average molecular weight is 332 g/mol. The Hall–Kier alpha value is -2.72. The van der Waals surface area contributed by atoms with Gasteiger partial charge in [-0.3, -0.25) is 4.79 Å². The molecule has 2 heterocycles. The zero-order chi connectivity index (χ0) is 17.4.